The first-order valence-electron chi connectivity index (χ1n) is 10.5. The van der Waals surface area contributed by atoms with Crippen LogP contribution in [0.3, 0.4) is 0 Å². The van der Waals surface area contributed by atoms with Crippen molar-refractivity contribution in [3.05, 3.63) is 71.4 Å². The first kappa shape index (κ1) is 19.5. The minimum absolute atomic E-state index is 0.666. The van der Waals surface area contributed by atoms with E-state index in [-0.39, 0.29) is 0 Å². The molecule has 0 fully saturated rings. The molecule has 0 N–H and O–H groups in total. The van der Waals surface area contributed by atoms with Gasteiger partial charge in [0.2, 0.25) is 0 Å². The van der Waals surface area contributed by atoms with E-state index in [0.717, 1.165) is 61.7 Å². The largest absolute Gasteiger partial charge is 0.494 e. The highest BCUT2D eigenvalue weighted by molar-refractivity contribution is 5.61. The van der Waals surface area contributed by atoms with Gasteiger partial charge in [-0.1, -0.05) is 25.1 Å². The van der Waals surface area contributed by atoms with Crippen LogP contribution in [0.25, 0.3) is 11.3 Å². The van der Waals surface area contributed by atoms with Crippen LogP contribution in [0, 0.1) is 0 Å². The van der Waals surface area contributed by atoms with Gasteiger partial charge in [-0.25, -0.2) is 9.97 Å². The summed E-state index contributed by atoms with van der Waals surface area (Å²) >= 11 is 0. The van der Waals surface area contributed by atoms with Crippen molar-refractivity contribution in [1.29, 1.82) is 0 Å². The number of hydrogen-bond donors (Lipinski definition) is 0. The molecule has 29 heavy (non-hydrogen) atoms. The van der Waals surface area contributed by atoms with E-state index in [2.05, 4.69) is 40.0 Å². The summed E-state index contributed by atoms with van der Waals surface area (Å²) in [5.74, 6) is 1.86. The molecule has 0 atom stereocenters. The third kappa shape index (κ3) is 4.80. The van der Waals surface area contributed by atoms with Gasteiger partial charge >= 0.3 is 0 Å². The average molecular weight is 389 g/mol. The van der Waals surface area contributed by atoms with Gasteiger partial charge in [0.25, 0.3) is 0 Å². The van der Waals surface area contributed by atoms with E-state index in [1.54, 1.807) is 0 Å². The molecule has 5 heteroatoms. The van der Waals surface area contributed by atoms with Crippen LogP contribution in [0.4, 0.5) is 0 Å². The topological polar surface area (TPSA) is 51.1 Å². The highest BCUT2D eigenvalue weighted by atomic mass is 16.5. The number of fused-ring (bicyclic) bond motifs is 1. The lowest BCUT2D eigenvalue weighted by Gasteiger charge is -2.28. The zero-order valence-electron chi connectivity index (χ0n) is 17.3. The van der Waals surface area contributed by atoms with E-state index in [9.17, 15) is 0 Å². The van der Waals surface area contributed by atoms with Crippen molar-refractivity contribution in [1.82, 2.24) is 19.9 Å². The first-order valence-corrected chi connectivity index (χ1v) is 10.5. The molecule has 0 radical (unpaired) electrons. The predicted octanol–water partition coefficient (Wildman–Crippen LogP) is 4.45. The number of hydrogen-bond acceptors (Lipinski definition) is 5. The van der Waals surface area contributed by atoms with Crippen LogP contribution in [0.15, 0.2) is 48.8 Å². The molecule has 0 spiro atoms. The SMILES string of the molecule is CCCc1ncc2c(n1)CCN(Cc1ccc(-c3cccc(OCC)c3)nc1)C2. The van der Waals surface area contributed by atoms with Crippen LogP contribution in [-0.4, -0.2) is 33.0 Å². The van der Waals surface area contributed by atoms with Crippen LogP contribution in [0.2, 0.25) is 0 Å². The molecule has 0 saturated heterocycles. The molecule has 150 valence electrons. The second kappa shape index (κ2) is 9.14. The molecule has 1 aliphatic rings. The Morgan fingerprint density at radius 1 is 1.07 bits per heavy atom. The summed E-state index contributed by atoms with van der Waals surface area (Å²) in [5, 5.41) is 0. The standard InChI is InChI=1S/C24H28N4O/c1-3-6-24-26-15-20-17-28(12-11-23(20)27-24)16-18-9-10-22(25-14-18)19-7-5-8-21(13-19)29-4-2/h5,7-10,13-15H,3-4,6,11-12,16-17H2,1-2H3. The molecule has 3 heterocycles. The minimum atomic E-state index is 0.666. The summed E-state index contributed by atoms with van der Waals surface area (Å²) in [5.41, 5.74) is 5.75. The van der Waals surface area contributed by atoms with Gasteiger partial charge in [0.15, 0.2) is 0 Å². The van der Waals surface area contributed by atoms with Crippen molar-refractivity contribution in [2.24, 2.45) is 0 Å². The fourth-order valence-electron chi connectivity index (χ4n) is 3.75. The maximum Gasteiger partial charge on any atom is 0.128 e. The van der Waals surface area contributed by atoms with Crippen LogP contribution in [-0.2, 0) is 25.9 Å². The molecule has 5 nitrogen and oxygen atoms in total. The summed E-state index contributed by atoms with van der Waals surface area (Å²) in [6, 6.07) is 12.4. The minimum Gasteiger partial charge on any atom is -0.494 e. The highest BCUT2D eigenvalue weighted by Gasteiger charge is 2.18. The zero-order valence-corrected chi connectivity index (χ0v) is 17.3. The normalized spacial score (nSPS) is 13.9. The smallest absolute Gasteiger partial charge is 0.128 e. The maximum atomic E-state index is 5.60. The molecule has 1 aromatic carbocycles. The quantitative estimate of drug-likeness (QED) is 0.599. The summed E-state index contributed by atoms with van der Waals surface area (Å²) in [4.78, 5) is 16.4. The van der Waals surface area contributed by atoms with Gasteiger partial charge in [-0.3, -0.25) is 9.88 Å². The molecule has 0 bridgehead atoms. The van der Waals surface area contributed by atoms with Crippen LogP contribution in [0.5, 0.6) is 5.75 Å². The summed E-state index contributed by atoms with van der Waals surface area (Å²) < 4.78 is 5.60. The van der Waals surface area contributed by atoms with Crippen molar-refractivity contribution in [3.8, 4) is 17.0 Å². The Morgan fingerprint density at radius 2 is 2.00 bits per heavy atom. The molecule has 0 unspecified atom stereocenters. The van der Waals surface area contributed by atoms with E-state index >= 15 is 0 Å². The number of aryl methyl sites for hydroxylation is 1. The van der Waals surface area contributed by atoms with E-state index in [1.165, 1.54) is 16.8 Å². The second-order valence-corrected chi connectivity index (χ2v) is 7.48. The molecule has 3 aromatic rings. The fraction of sp³-hybridized carbons (Fsp3) is 0.375. The third-order valence-electron chi connectivity index (χ3n) is 5.21. The lowest BCUT2D eigenvalue weighted by molar-refractivity contribution is 0.242. The highest BCUT2D eigenvalue weighted by Crippen LogP contribution is 2.23. The van der Waals surface area contributed by atoms with Gasteiger partial charge in [-0.15, -0.1) is 0 Å². The van der Waals surface area contributed by atoms with Crippen molar-refractivity contribution in [2.45, 2.75) is 46.2 Å². The van der Waals surface area contributed by atoms with Gasteiger partial charge in [0, 0.05) is 61.7 Å². The summed E-state index contributed by atoms with van der Waals surface area (Å²) in [7, 11) is 0. The van der Waals surface area contributed by atoms with Gasteiger partial charge in [-0.05, 0) is 37.1 Å². The van der Waals surface area contributed by atoms with Crippen molar-refractivity contribution >= 4 is 0 Å². The molecular weight excluding hydrogens is 360 g/mol. The molecule has 4 rings (SSSR count). The fourth-order valence-corrected chi connectivity index (χ4v) is 3.75. The third-order valence-corrected chi connectivity index (χ3v) is 5.21. The van der Waals surface area contributed by atoms with Crippen LogP contribution in [0.1, 0.15) is 42.9 Å². The monoisotopic (exact) mass is 388 g/mol. The number of pyridine rings is 1. The van der Waals surface area contributed by atoms with Crippen LogP contribution < -0.4 is 4.74 Å². The van der Waals surface area contributed by atoms with E-state index in [4.69, 9.17) is 9.72 Å². The van der Waals surface area contributed by atoms with Crippen molar-refractivity contribution in [3.63, 3.8) is 0 Å². The molecular formula is C24H28N4O. The maximum absolute atomic E-state index is 5.60. The molecule has 0 aliphatic carbocycles. The molecule has 1 aliphatic heterocycles. The Hall–Kier alpha value is -2.79. The zero-order chi connectivity index (χ0) is 20.1. The number of rotatable bonds is 7. The number of benzene rings is 1. The lowest BCUT2D eigenvalue weighted by atomic mass is 10.1. The van der Waals surface area contributed by atoms with E-state index in [0.29, 0.717) is 6.61 Å². The number of ether oxygens (including phenoxy) is 1. The van der Waals surface area contributed by atoms with Gasteiger partial charge in [0.1, 0.15) is 11.6 Å². The summed E-state index contributed by atoms with van der Waals surface area (Å²) in [6.45, 7) is 7.64. The predicted molar refractivity (Wildman–Crippen MR) is 115 cm³/mol. The van der Waals surface area contributed by atoms with Crippen molar-refractivity contribution in [2.75, 3.05) is 13.2 Å². The van der Waals surface area contributed by atoms with E-state index in [1.807, 2.05) is 37.5 Å². The van der Waals surface area contributed by atoms with Gasteiger partial charge < -0.3 is 4.74 Å². The summed E-state index contributed by atoms with van der Waals surface area (Å²) in [6.07, 6.45) is 7.04. The Labute approximate surface area is 172 Å². The Balaban J connectivity index is 1.41. The molecule has 0 amide bonds. The number of aromatic nitrogens is 3. The Kier molecular flexibility index (Phi) is 6.15. The van der Waals surface area contributed by atoms with Gasteiger partial charge in [-0.2, -0.15) is 0 Å². The number of nitrogens with zero attached hydrogens (tertiary/aromatic N) is 4. The van der Waals surface area contributed by atoms with Gasteiger partial charge in [0.05, 0.1) is 12.3 Å². The Morgan fingerprint density at radius 3 is 2.79 bits per heavy atom. The molecule has 0 saturated carbocycles. The Bertz CT molecular complexity index is 955. The van der Waals surface area contributed by atoms with Crippen LogP contribution >= 0.6 is 0 Å². The second-order valence-electron chi connectivity index (χ2n) is 7.48. The average Bonchev–Trinajstić information content (AvgIpc) is 2.75. The van der Waals surface area contributed by atoms with E-state index < -0.39 is 0 Å². The lowest BCUT2D eigenvalue weighted by Crippen LogP contribution is -2.31. The van der Waals surface area contributed by atoms with Crippen molar-refractivity contribution < 1.29 is 4.74 Å². The first-order chi connectivity index (χ1) is 14.2. The molecule has 2 aromatic heterocycles.